The van der Waals surface area contributed by atoms with Gasteiger partial charge in [-0.15, -0.1) is 0 Å². The van der Waals surface area contributed by atoms with Gasteiger partial charge >= 0.3 is 0 Å². The van der Waals surface area contributed by atoms with E-state index < -0.39 is 16.0 Å². The predicted molar refractivity (Wildman–Crippen MR) is 81.9 cm³/mol. The third-order valence-corrected chi connectivity index (χ3v) is 5.23. The summed E-state index contributed by atoms with van der Waals surface area (Å²) >= 11 is 5.85. The summed E-state index contributed by atoms with van der Waals surface area (Å²) in [4.78, 5) is 12.0. The van der Waals surface area contributed by atoms with Gasteiger partial charge in [0, 0.05) is 21.1 Å². The minimum atomic E-state index is -1.21. The number of benzene rings is 1. The summed E-state index contributed by atoms with van der Waals surface area (Å²) < 4.78 is 12.1. The second-order valence-electron chi connectivity index (χ2n) is 4.41. The molecule has 0 heterocycles. The van der Waals surface area contributed by atoms with E-state index >= 15 is 0 Å². The highest BCUT2D eigenvalue weighted by molar-refractivity contribution is 7.87. The molecule has 0 aromatic heterocycles. The lowest BCUT2D eigenvalue weighted by Gasteiger charge is -2.16. The number of carbonyl (C=O) groups excluding carboxylic acids is 1. The van der Waals surface area contributed by atoms with Crippen LogP contribution in [0.3, 0.4) is 0 Å². The molecule has 0 spiro atoms. The van der Waals surface area contributed by atoms with Crippen molar-refractivity contribution >= 4 is 39.7 Å². The molecule has 0 aliphatic carbocycles. The second kappa shape index (κ2) is 6.91. The van der Waals surface area contributed by atoms with E-state index in [1.807, 2.05) is 13.8 Å². The van der Waals surface area contributed by atoms with Crippen LogP contribution in [-0.4, -0.2) is 20.6 Å². The first-order valence-corrected chi connectivity index (χ1v) is 7.77. The predicted octanol–water partition coefficient (Wildman–Crippen LogP) is 2.80. The zero-order chi connectivity index (χ0) is 14.6. The molecule has 0 bridgehead atoms. The molecule has 1 amide bonds. The molecule has 3 unspecified atom stereocenters. The normalized spacial score (nSPS) is 15.6. The van der Waals surface area contributed by atoms with Crippen molar-refractivity contribution in [1.82, 2.24) is 0 Å². The van der Waals surface area contributed by atoms with Crippen molar-refractivity contribution in [3.8, 4) is 0 Å². The molecule has 0 saturated carbocycles. The number of amides is 1. The van der Waals surface area contributed by atoms with Crippen molar-refractivity contribution < 1.29 is 9.00 Å². The Morgan fingerprint density at radius 1 is 1.47 bits per heavy atom. The lowest BCUT2D eigenvalue weighted by atomic mass is 10.2. The van der Waals surface area contributed by atoms with Gasteiger partial charge in [-0.3, -0.25) is 9.00 Å². The summed E-state index contributed by atoms with van der Waals surface area (Å²) in [6, 6.07) is 4.84. The van der Waals surface area contributed by atoms with Crippen LogP contribution in [0.1, 0.15) is 27.2 Å². The Hall–Kier alpha value is -1.07. The first kappa shape index (κ1) is 16.0. The van der Waals surface area contributed by atoms with Crippen LogP contribution in [-0.2, 0) is 15.6 Å². The van der Waals surface area contributed by atoms with Gasteiger partial charge in [0.1, 0.15) is 5.25 Å². The number of hydrogen-bond acceptors (Lipinski definition) is 3. The Morgan fingerprint density at radius 2 is 2.11 bits per heavy atom. The van der Waals surface area contributed by atoms with Gasteiger partial charge in [-0.1, -0.05) is 25.4 Å². The van der Waals surface area contributed by atoms with Gasteiger partial charge in [0.15, 0.2) is 0 Å². The van der Waals surface area contributed by atoms with Crippen LogP contribution in [0, 0.1) is 0 Å². The molecule has 0 aliphatic heterocycles. The summed E-state index contributed by atoms with van der Waals surface area (Å²) in [5.41, 5.74) is 6.63. The standard InChI is InChI=1S/C13H19ClN2O2S/c1-4-8(2)19(18)9(3)13(17)16-12-7-10(14)5-6-11(12)15/h5-9H,4,15H2,1-3H3,(H,16,17). The molecule has 3 N–H and O–H groups in total. The monoisotopic (exact) mass is 302 g/mol. The van der Waals surface area contributed by atoms with Crippen LogP contribution < -0.4 is 11.1 Å². The van der Waals surface area contributed by atoms with E-state index in [0.717, 1.165) is 6.42 Å². The van der Waals surface area contributed by atoms with Gasteiger partial charge in [-0.2, -0.15) is 0 Å². The highest BCUT2D eigenvalue weighted by Gasteiger charge is 2.24. The van der Waals surface area contributed by atoms with Crippen molar-refractivity contribution in [2.45, 2.75) is 37.7 Å². The Morgan fingerprint density at radius 3 is 2.68 bits per heavy atom. The maximum atomic E-state index is 12.1. The number of anilines is 2. The van der Waals surface area contributed by atoms with Gasteiger partial charge in [-0.05, 0) is 31.5 Å². The van der Waals surface area contributed by atoms with E-state index in [2.05, 4.69) is 5.32 Å². The number of rotatable bonds is 5. The third-order valence-electron chi connectivity index (χ3n) is 2.96. The van der Waals surface area contributed by atoms with Crippen LogP contribution in [0.5, 0.6) is 0 Å². The van der Waals surface area contributed by atoms with E-state index in [9.17, 15) is 9.00 Å². The van der Waals surface area contributed by atoms with Crippen molar-refractivity contribution in [2.75, 3.05) is 11.1 Å². The van der Waals surface area contributed by atoms with Gasteiger partial charge < -0.3 is 11.1 Å². The number of carbonyl (C=O) groups is 1. The maximum Gasteiger partial charge on any atom is 0.239 e. The van der Waals surface area contributed by atoms with Gasteiger partial charge in [0.2, 0.25) is 5.91 Å². The van der Waals surface area contributed by atoms with Crippen molar-refractivity contribution in [3.63, 3.8) is 0 Å². The Labute approximate surface area is 121 Å². The van der Waals surface area contributed by atoms with Crippen molar-refractivity contribution in [2.24, 2.45) is 0 Å². The topological polar surface area (TPSA) is 72.2 Å². The molecule has 6 heteroatoms. The van der Waals surface area contributed by atoms with E-state index in [1.165, 1.54) is 0 Å². The van der Waals surface area contributed by atoms with E-state index in [4.69, 9.17) is 17.3 Å². The summed E-state index contributed by atoms with van der Waals surface area (Å²) in [5, 5.41) is 2.55. The third kappa shape index (κ3) is 4.21. The van der Waals surface area contributed by atoms with Gasteiger partial charge in [0.25, 0.3) is 0 Å². The molecule has 3 atom stereocenters. The summed E-state index contributed by atoms with van der Waals surface area (Å²) in [7, 11) is -1.21. The summed E-state index contributed by atoms with van der Waals surface area (Å²) in [6.45, 7) is 5.47. The van der Waals surface area contributed by atoms with E-state index in [-0.39, 0.29) is 11.2 Å². The van der Waals surface area contributed by atoms with Crippen molar-refractivity contribution in [3.05, 3.63) is 23.2 Å². The minimum absolute atomic E-state index is 0.0162. The first-order chi connectivity index (χ1) is 8.86. The number of halogens is 1. The largest absolute Gasteiger partial charge is 0.397 e. The highest BCUT2D eigenvalue weighted by atomic mass is 35.5. The van der Waals surface area contributed by atoms with Gasteiger partial charge in [0.05, 0.1) is 11.4 Å². The first-order valence-electron chi connectivity index (χ1n) is 6.12. The zero-order valence-electron chi connectivity index (χ0n) is 11.3. The number of nitrogens with two attached hydrogens (primary N) is 1. The number of hydrogen-bond donors (Lipinski definition) is 2. The highest BCUT2D eigenvalue weighted by Crippen LogP contribution is 2.23. The van der Waals surface area contributed by atoms with Crippen molar-refractivity contribution in [1.29, 1.82) is 0 Å². The fourth-order valence-electron chi connectivity index (χ4n) is 1.49. The molecule has 0 saturated heterocycles. The molecule has 0 radical (unpaired) electrons. The Balaban J connectivity index is 2.79. The quantitative estimate of drug-likeness (QED) is 0.822. The van der Waals surface area contributed by atoms with Crippen LogP contribution in [0.25, 0.3) is 0 Å². The minimum Gasteiger partial charge on any atom is -0.397 e. The molecule has 19 heavy (non-hydrogen) atoms. The van der Waals surface area contributed by atoms with Crippen LogP contribution >= 0.6 is 11.6 Å². The molecule has 1 aromatic carbocycles. The lowest BCUT2D eigenvalue weighted by Crippen LogP contribution is -2.33. The van der Waals surface area contributed by atoms with E-state index in [1.54, 1.807) is 25.1 Å². The SMILES string of the molecule is CCC(C)S(=O)C(C)C(=O)Nc1cc(Cl)ccc1N. The molecule has 106 valence electrons. The maximum absolute atomic E-state index is 12.1. The number of nitrogen functional groups attached to an aromatic ring is 1. The zero-order valence-corrected chi connectivity index (χ0v) is 12.8. The molecule has 0 aliphatic rings. The molecule has 0 fully saturated rings. The number of nitrogens with one attached hydrogen (secondary N) is 1. The Bertz CT molecular complexity index is 494. The summed E-state index contributed by atoms with van der Waals surface area (Å²) in [5.74, 6) is -0.312. The lowest BCUT2D eigenvalue weighted by molar-refractivity contribution is -0.115. The fraction of sp³-hybridized carbons (Fsp3) is 0.462. The summed E-state index contributed by atoms with van der Waals surface area (Å²) in [6.07, 6.45) is 0.767. The molecular formula is C13H19ClN2O2S. The fourth-order valence-corrected chi connectivity index (χ4v) is 2.96. The second-order valence-corrected chi connectivity index (χ2v) is 7.02. The van der Waals surface area contributed by atoms with Crippen LogP contribution in [0.2, 0.25) is 5.02 Å². The molecule has 1 aromatic rings. The Kier molecular flexibility index (Phi) is 5.82. The van der Waals surface area contributed by atoms with E-state index in [0.29, 0.717) is 16.4 Å². The van der Waals surface area contributed by atoms with Gasteiger partial charge in [-0.25, -0.2) is 0 Å². The van der Waals surface area contributed by atoms with Crippen LogP contribution in [0.4, 0.5) is 11.4 Å². The average Bonchev–Trinajstić information content (AvgIpc) is 2.40. The average molecular weight is 303 g/mol. The van der Waals surface area contributed by atoms with Crippen LogP contribution in [0.15, 0.2) is 18.2 Å². The molecule has 4 nitrogen and oxygen atoms in total. The molecular weight excluding hydrogens is 284 g/mol. The smallest absolute Gasteiger partial charge is 0.239 e. The molecule has 1 rings (SSSR count).